The summed E-state index contributed by atoms with van der Waals surface area (Å²) >= 11 is 0. The number of benzene rings is 1. The summed E-state index contributed by atoms with van der Waals surface area (Å²) < 4.78 is 0. The molecule has 23 heavy (non-hydrogen) atoms. The number of nitrogens with one attached hydrogen (secondary N) is 1. The Morgan fingerprint density at radius 1 is 1.26 bits per heavy atom. The molecular weight excluding hydrogens is 288 g/mol. The highest BCUT2D eigenvalue weighted by Crippen LogP contribution is 2.40. The quantitative estimate of drug-likeness (QED) is 0.686. The van der Waals surface area contributed by atoms with Crippen LogP contribution in [0.3, 0.4) is 0 Å². The van der Waals surface area contributed by atoms with Crippen LogP contribution in [-0.2, 0) is 4.79 Å². The predicted octanol–water partition coefficient (Wildman–Crippen LogP) is 2.93. The molecule has 0 radical (unpaired) electrons. The fourth-order valence-corrected chi connectivity index (χ4v) is 2.86. The Balaban J connectivity index is 2.79. The number of allylic oxidation sites excluding steroid dienone is 2. The molecule has 0 amide bonds. The van der Waals surface area contributed by atoms with Gasteiger partial charge in [0, 0.05) is 11.6 Å². The lowest BCUT2D eigenvalue weighted by molar-refractivity contribution is -0.119. The van der Waals surface area contributed by atoms with Gasteiger partial charge in [0.1, 0.15) is 23.1 Å². The number of hydrogen-bond donors (Lipinski definition) is 1. The van der Waals surface area contributed by atoms with E-state index in [-0.39, 0.29) is 22.6 Å². The first-order valence-electron chi connectivity index (χ1n) is 7.00. The summed E-state index contributed by atoms with van der Waals surface area (Å²) in [6, 6.07) is 13.1. The first-order chi connectivity index (χ1) is 11.0. The summed E-state index contributed by atoms with van der Waals surface area (Å²) in [4.78, 5) is 16.4. The minimum Gasteiger partial charge on any atom is -0.299 e. The normalized spacial score (nSPS) is 19.9. The monoisotopic (exact) mass is 302 g/mol. The molecule has 1 aliphatic heterocycles. The number of nitrogens with zero attached hydrogens (tertiary/aromatic N) is 3. The minimum absolute atomic E-state index is 0.0933. The molecule has 5 heteroatoms. The summed E-state index contributed by atoms with van der Waals surface area (Å²) in [5.41, 5.74) is 1.58. The van der Waals surface area contributed by atoms with Crippen molar-refractivity contribution in [3.05, 3.63) is 52.7 Å². The van der Waals surface area contributed by atoms with Crippen molar-refractivity contribution in [2.45, 2.75) is 19.8 Å². The lowest BCUT2D eigenvalue weighted by Gasteiger charge is -2.30. The number of rotatable bonds is 3. The highest BCUT2D eigenvalue weighted by molar-refractivity contribution is 6.06. The second-order valence-corrected chi connectivity index (χ2v) is 5.22. The van der Waals surface area contributed by atoms with Gasteiger partial charge in [-0.2, -0.15) is 10.5 Å². The number of Topliss-reactive ketones (excluding diaryl/α,β-unsaturated/α-hetero) is 1. The van der Waals surface area contributed by atoms with Crippen molar-refractivity contribution < 1.29 is 4.79 Å². The number of carbonyl (C=O) groups excluding carboxylic acids is 1. The van der Waals surface area contributed by atoms with E-state index in [0.29, 0.717) is 5.71 Å². The van der Waals surface area contributed by atoms with Gasteiger partial charge < -0.3 is 0 Å². The van der Waals surface area contributed by atoms with E-state index in [1.165, 1.54) is 6.92 Å². The van der Waals surface area contributed by atoms with E-state index in [2.05, 4.69) is 11.1 Å². The summed E-state index contributed by atoms with van der Waals surface area (Å²) in [5.74, 6) is 0.868. The summed E-state index contributed by atoms with van der Waals surface area (Å²) in [6.45, 7) is 3.17. The molecule has 0 saturated carbocycles. The van der Waals surface area contributed by atoms with Gasteiger partial charge in [-0.1, -0.05) is 30.3 Å². The van der Waals surface area contributed by atoms with Crippen LogP contribution in [0.5, 0.6) is 0 Å². The van der Waals surface area contributed by atoms with Crippen LogP contribution in [0.15, 0.2) is 52.2 Å². The average molecular weight is 302 g/mol. The molecule has 0 aliphatic carbocycles. The van der Waals surface area contributed by atoms with Crippen molar-refractivity contribution in [2.75, 3.05) is 0 Å². The van der Waals surface area contributed by atoms with E-state index in [1.54, 1.807) is 6.92 Å². The molecule has 0 fully saturated rings. The van der Waals surface area contributed by atoms with Crippen LogP contribution in [0.1, 0.15) is 25.3 Å². The first-order valence-corrected chi connectivity index (χ1v) is 7.00. The fourth-order valence-electron chi connectivity index (χ4n) is 2.86. The van der Waals surface area contributed by atoms with E-state index in [4.69, 9.17) is 10.7 Å². The van der Waals surface area contributed by atoms with Gasteiger partial charge in [0.2, 0.25) is 0 Å². The lowest BCUT2D eigenvalue weighted by atomic mass is 9.74. The molecule has 1 aliphatic rings. The Bertz CT molecular complexity index is 843. The zero-order chi connectivity index (χ0) is 17.0. The molecule has 5 nitrogen and oxygen atoms in total. The molecule has 0 aromatic heterocycles. The van der Waals surface area contributed by atoms with Crippen LogP contribution >= 0.6 is 0 Å². The number of aliphatic imine (C=N–C) groups is 1. The molecule has 1 heterocycles. The van der Waals surface area contributed by atoms with Crippen molar-refractivity contribution in [3.8, 4) is 12.1 Å². The molecule has 1 aromatic carbocycles. The Morgan fingerprint density at radius 3 is 2.39 bits per heavy atom. The van der Waals surface area contributed by atoms with Crippen LogP contribution in [0, 0.1) is 34.0 Å². The zero-order valence-corrected chi connectivity index (χ0v) is 12.8. The van der Waals surface area contributed by atoms with E-state index in [9.17, 15) is 10.1 Å². The van der Waals surface area contributed by atoms with Crippen molar-refractivity contribution >= 4 is 17.4 Å². The molecule has 0 spiro atoms. The molecular formula is C18H14N4O. The standard InChI is InChI=1S/C18H14N4O/c1-11-16(12(2)23)17(13-6-4-3-5-7-13)15(10-21)18(22-11)14(8-19)9-20/h3-7,16-17,19H,1-2H3/t16?,17-/m0/s1. The largest absolute Gasteiger partial charge is 0.299 e. The van der Waals surface area contributed by atoms with Gasteiger partial charge in [-0.15, -0.1) is 0 Å². The Hall–Kier alpha value is -3.27. The van der Waals surface area contributed by atoms with Crippen LogP contribution in [0.2, 0.25) is 0 Å². The SMILES string of the molecule is CC(=O)C1C(C)=NC(C(=C=N)C#N)=C(C#N)[C@@H]1c1ccccc1. The second-order valence-electron chi connectivity index (χ2n) is 5.22. The molecule has 2 rings (SSSR count). The molecule has 112 valence electrons. The molecule has 0 bridgehead atoms. The third kappa shape index (κ3) is 2.87. The van der Waals surface area contributed by atoms with Gasteiger partial charge in [0.25, 0.3) is 0 Å². The molecule has 1 unspecified atom stereocenters. The van der Waals surface area contributed by atoms with Crippen molar-refractivity contribution in [1.29, 1.82) is 15.9 Å². The third-order valence-electron chi connectivity index (χ3n) is 3.83. The van der Waals surface area contributed by atoms with Gasteiger partial charge in [-0.05, 0) is 25.3 Å². The minimum atomic E-state index is -0.554. The maximum atomic E-state index is 12.1. The Labute approximate surface area is 134 Å². The summed E-state index contributed by atoms with van der Waals surface area (Å²) in [5, 5.41) is 26.0. The number of hydrogen-bond acceptors (Lipinski definition) is 5. The van der Waals surface area contributed by atoms with E-state index < -0.39 is 11.8 Å². The van der Waals surface area contributed by atoms with Crippen molar-refractivity contribution in [1.82, 2.24) is 0 Å². The van der Waals surface area contributed by atoms with Crippen LogP contribution in [-0.4, -0.2) is 17.4 Å². The van der Waals surface area contributed by atoms with E-state index >= 15 is 0 Å². The Kier molecular flexibility index (Phi) is 4.66. The zero-order valence-electron chi connectivity index (χ0n) is 12.8. The van der Waals surface area contributed by atoms with E-state index in [0.717, 1.165) is 5.56 Å². The van der Waals surface area contributed by atoms with Gasteiger partial charge >= 0.3 is 0 Å². The second kappa shape index (κ2) is 6.66. The average Bonchev–Trinajstić information content (AvgIpc) is 2.55. The maximum Gasteiger partial charge on any atom is 0.139 e. The van der Waals surface area contributed by atoms with Gasteiger partial charge in [0.05, 0.1) is 17.6 Å². The number of carbonyl (C=O) groups is 1. The molecule has 2 atom stereocenters. The summed E-state index contributed by atoms with van der Waals surface area (Å²) in [6.07, 6.45) is 0. The number of ketones is 1. The van der Waals surface area contributed by atoms with Crippen LogP contribution in [0.25, 0.3) is 0 Å². The number of nitriles is 2. The van der Waals surface area contributed by atoms with Crippen LogP contribution in [0.4, 0.5) is 0 Å². The predicted molar refractivity (Wildman–Crippen MR) is 86.0 cm³/mol. The molecule has 0 saturated heterocycles. The van der Waals surface area contributed by atoms with E-state index in [1.807, 2.05) is 42.3 Å². The lowest BCUT2D eigenvalue weighted by Crippen LogP contribution is -2.31. The highest BCUT2D eigenvalue weighted by atomic mass is 16.1. The van der Waals surface area contributed by atoms with Crippen LogP contribution < -0.4 is 0 Å². The van der Waals surface area contributed by atoms with Gasteiger partial charge in [-0.3, -0.25) is 15.2 Å². The molecule has 1 N–H and O–H groups in total. The van der Waals surface area contributed by atoms with Gasteiger partial charge in [0.15, 0.2) is 0 Å². The van der Waals surface area contributed by atoms with Gasteiger partial charge in [-0.25, -0.2) is 0 Å². The summed E-state index contributed by atoms with van der Waals surface area (Å²) in [7, 11) is 0. The highest BCUT2D eigenvalue weighted by Gasteiger charge is 2.38. The Morgan fingerprint density at radius 2 is 1.91 bits per heavy atom. The first kappa shape index (κ1) is 16.1. The molecule has 1 aromatic rings. The maximum absolute atomic E-state index is 12.1. The topological polar surface area (TPSA) is 101 Å². The fraction of sp³-hybridized carbons (Fsp3) is 0.222. The third-order valence-corrected chi connectivity index (χ3v) is 3.83. The van der Waals surface area contributed by atoms with Crippen molar-refractivity contribution in [3.63, 3.8) is 0 Å². The van der Waals surface area contributed by atoms with Crippen molar-refractivity contribution in [2.24, 2.45) is 10.9 Å². The smallest absolute Gasteiger partial charge is 0.139 e.